The standard InChI is InChI=1S/C25H24N2O2/c1-18(19-10-4-2-5-11-19)26-25(20-12-6-3-7-13-20)27-17-21(16-24(28)29)22-14-8-9-15-23(22)27/h2-15,17-18,25-26H,16H2,1H3,(H,28,29)/t18-,25?/m0/s1. The molecule has 0 aliphatic carbocycles. The Morgan fingerprint density at radius 3 is 2.14 bits per heavy atom. The molecule has 4 heteroatoms. The van der Waals surface area contributed by atoms with Crippen LogP contribution >= 0.6 is 0 Å². The van der Waals surface area contributed by atoms with Crippen molar-refractivity contribution in [1.82, 2.24) is 9.88 Å². The molecule has 0 saturated carbocycles. The third kappa shape index (κ3) is 4.08. The zero-order valence-corrected chi connectivity index (χ0v) is 16.3. The maximum absolute atomic E-state index is 11.4. The molecule has 4 rings (SSSR count). The number of hydrogen-bond acceptors (Lipinski definition) is 2. The first-order valence-electron chi connectivity index (χ1n) is 9.79. The average Bonchev–Trinajstić information content (AvgIpc) is 3.11. The van der Waals surface area contributed by atoms with Gasteiger partial charge in [0.15, 0.2) is 0 Å². The number of para-hydroxylation sites is 1. The molecule has 0 radical (unpaired) electrons. The third-order valence-electron chi connectivity index (χ3n) is 5.27. The Morgan fingerprint density at radius 1 is 0.897 bits per heavy atom. The van der Waals surface area contributed by atoms with E-state index in [1.54, 1.807) is 0 Å². The number of rotatable bonds is 7. The Labute approximate surface area is 170 Å². The number of carboxylic acids is 1. The Kier molecular flexibility index (Phi) is 5.45. The van der Waals surface area contributed by atoms with E-state index >= 15 is 0 Å². The molecule has 3 aromatic carbocycles. The van der Waals surface area contributed by atoms with Crippen LogP contribution in [0, 0.1) is 0 Å². The van der Waals surface area contributed by atoms with Gasteiger partial charge in [-0.1, -0.05) is 78.9 Å². The summed E-state index contributed by atoms with van der Waals surface area (Å²) in [7, 11) is 0. The molecule has 146 valence electrons. The highest BCUT2D eigenvalue weighted by molar-refractivity contribution is 5.87. The minimum Gasteiger partial charge on any atom is -0.481 e. The van der Waals surface area contributed by atoms with Gasteiger partial charge in [-0.15, -0.1) is 0 Å². The molecule has 0 fully saturated rings. The highest BCUT2D eigenvalue weighted by Gasteiger charge is 2.21. The van der Waals surface area contributed by atoms with Crippen molar-refractivity contribution in [1.29, 1.82) is 0 Å². The zero-order chi connectivity index (χ0) is 20.2. The number of fused-ring (bicyclic) bond motifs is 1. The van der Waals surface area contributed by atoms with E-state index in [-0.39, 0.29) is 18.6 Å². The molecule has 29 heavy (non-hydrogen) atoms. The van der Waals surface area contributed by atoms with Crippen molar-refractivity contribution in [2.24, 2.45) is 0 Å². The number of benzene rings is 3. The summed E-state index contributed by atoms with van der Waals surface area (Å²) in [6.07, 6.45) is 1.85. The average molecular weight is 384 g/mol. The van der Waals surface area contributed by atoms with Crippen LogP contribution < -0.4 is 5.32 Å². The Morgan fingerprint density at radius 2 is 1.48 bits per heavy atom. The molecule has 0 amide bonds. The SMILES string of the molecule is C[C@H](NC(c1ccccc1)n1cc(CC(=O)O)c2ccccc21)c1ccccc1. The molecule has 0 bridgehead atoms. The van der Waals surface area contributed by atoms with Crippen LogP contribution in [0.5, 0.6) is 0 Å². The van der Waals surface area contributed by atoms with Gasteiger partial charge in [-0.2, -0.15) is 0 Å². The van der Waals surface area contributed by atoms with Crippen LogP contribution in [0.4, 0.5) is 0 Å². The quantitative estimate of drug-likeness (QED) is 0.462. The van der Waals surface area contributed by atoms with E-state index in [1.165, 1.54) is 5.56 Å². The summed E-state index contributed by atoms with van der Waals surface area (Å²) in [5.41, 5.74) is 4.17. The lowest BCUT2D eigenvalue weighted by atomic mass is 10.1. The van der Waals surface area contributed by atoms with Gasteiger partial charge in [-0.05, 0) is 29.7 Å². The normalized spacial score (nSPS) is 13.3. The van der Waals surface area contributed by atoms with Gasteiger partial charge in [0.25, 0.3) is 0 Å². The van der Waals surface area contributed by atoms with Crippen LogP contribution in [0.15, 0.2) is 91.1 Å². The third-order valence-corrected chi connectivity index (χ3v) is 5.27. The molecule has 0 aliphatic rings. The van der Waals surface area contributed by atoms with Crippen molar-refractivity contribution in [3.8, 4) is 0 Å². The molecule has 0 spiro atoms. The lowest BCUT2D eigenvalue weighted by Gasteiger charge is -2.26. The monoisotopic (exact) mass is 384 g/mol. The molecule has 1 unspecified atom stereocenters. The van der Waals surface area contributed by atoms with Crippen molar-refractivity contribution in [3.63, 3.8) is 0 Å². The van der Waals surface area contributed by atoms with Crippen LogP contribution in [0.25, 0.3) is 10.9 Å². The number of nitrogens with zero attached hydrogens (tertiary/aromatic N) is 1. The second-order valence-corrected chi connectivity index (χ2v) is 7.26. The summed E-state index contributed by atoms with van der Waals surface area (Å²) in [6.45, 7) is 2.15. The van der Waals surface area contributed by atoms with Crippen molar-refractivity contribution in [3.05, 3.63) is 108 Å². The molecule has 1 heterocycles. The lowest BCUT2D eigenvalue weighted by Crippen LogP contribution is -2.29. The highest BCUT2D eigenvalue weighted by Crippen LogP contribution is 2.29. The second kappa shape index (κ2) is 8.33. The van der Waals surface area contributed by atoms with Crippen LogP contribution in [-0.4, -0.2) is 15.6 Å². The van der Waals surface area contributed by atoms with Gasteiger partial charge < -0.3 is 9.67 Å². The second-order valence-electron chi connectivity index (χ2n) is 7.26. The lowest BCUT2D eigenvalue weighted by molar-refractivity contribution is -0.136. The topological polar surface area (TPSA) is 54.3 Å². The molecule has 4 aromatic rings. The Balaban J connectivity index is 1.81. The summed E-state index contributed by atoms with van der Waals surface area (Å²) in [6, 6.07) is 28.7. The van der Waals surface area contributed by atoms with Crippen molar-refractivity contribution in [2.75, 3.05) is 0 Å². The molecule has 0 aliphatic heterocycles. The van der Waals surface area contributed by atoms with Gasteiger partial charge in [0.1, 0.15) is 6.17 Å². The van der Waals surface area contributed by atoms with Gasteiger partial charge in [-0.25, -0.2) is 0 Å². The minimum absolute atomic E-state index is 0.00324. The van der Waals surface area contributed by atoms with E-state index in [1.807, 2.05) is 66.9 Å². The fourth-order valence-electron chi connectivity index (χ4n) is 3.84. The minimum atomic E-state index is -0.824. The molecule has 0 saturated heterocycles. The first kappa shape index (κ1) is 19.0. The fourth-order valence-corrected chi connectivity index (χ4v) is 3.84. The molecule has 1 aromatic heterocycles. The molecule has 2 N–H and O–H groups in total. The van der Waals surface area contributed by atoms with Crippen molar-refractivity contribution in [2.45, 2.75) is 25.6 Å². The number of carbonyl (C=O) groups is 1. The summed E-state index contributed by atoms with van der Waals surface area (Å²) < 4.78 is 2.16. The van der Waals surface area contributed by atoms with Gasteiger partial charge in [0.05, 0.1) is 6.42 Å². The van der Waals surface area contributed by atoms with E-state index in [9.17, 15) is 9.90 Å². The van der Waals surface area contributed by atoms with E-state index in [2.05, 4.69) is 41.1 Å². The first-order chi connectivity index (χ1) is 14.1. The van der Waals surface area contributed by atoms with Crippen LogP contribution in [-0.2, 0) is 11.2 Å². The Bertz CT molecular complexity index is 1100. The first-order valence-corrected chi connectivity index (χ1v) is 9.79. The van der Waals surface area contributed by atoms with Crippen LogP contribution in [0.3, 0.4) is 0 Å². The fraction of sp³-hybridized carbons (Fsp3) is 0.160. The maximum atomic E-state index is 11.4. The summed E-state index contributed by atoms with van der Waals surface area (Å²) in [4.78, 5) is 11.4. The van der Waals surface area contributed by atoms with Gasteiger partial charge in [0, 0.05) is 23.1 Å². The van der Waals surface area contributed by atoms with Gasteiger partial charge in [-0.3, -0.25) is 10.1 Å². The number of aliphatic carboxylic acids is 1. The number of nitrogens with one attached hydrogen (secondary N) is 1. The predicted molar refractivity (Wildman–Crippen MR) is 116 cm³/mol. The number of hydrogen-bond donors (Lipinski definition) is 2. The van der Waals surface area contributed by atoms with E-state index < -0.39 is 5.97 Å². The van der Waals surface area contributed by atoms with Gasteiger partial charge >= 0.3 is 5.97 Å². The summed E-state index contributed by atoms with van der Waals surface area (Å²) in [5, 5.41) is 14.1. The number of carboxylic acid groups (broad SMARTS) is 1. The summed E-state index contributed by atoms with van der Waals surface area (Å²) >= 11 is 0. The molecule has 4 nitrogen and oxygen atoms in total. The van der Waals surface area contributed by atoms with E-state index in [0.717, 1.165) is 22.0 Å². The van der Waals surface area contributed by atoms with E-state index in [4.69, 9.17) is 0 Å². The smallest absolute Gasteiger partial charge is 0.307 e. The summed E-state index contributed by atoms with van der Waals surface area (Å²) in [5.74, 6) is -0.824. The Hall–Kier alpha value is -3.37. The van der Waals surface area contributed by atoms with Crippen LogP contribution in [0.1, 0.15) is 35.8 Å². The largest absolute Gasteiger partial charge is 0.481 e. The van der Waals surface area contributed by atoms with Crippen LogP contribution in [0.2, 0.25) is 0 Å². The van der Waals surface area contributed by atoms with Gasteiger partial charge in [0.2, 0.25) is 0 Å². The highest BCUT2D eigenvalue weighted by atomic mass is 16.4. The van der Waals surface area contributed by atoms with E-state index in [0.29, 0.717) is 0 Å². The predicted octanol–water partition coefficient (Wildman–Crippen LogP) is 5.17. The molecule has 2 atom stereocenters. The van der Waals surface area contributed by atoms with Crippen molar-refractivity contribution < 1.29 is 9.90 Å². The molecular formula is C25H24N2O2. The van der Waals surface area contributed by atoms with Crippen molar-refractivity contribution >= 4 is 16.9 Å². The molecular weight excluding hydrogens is 360 g/mol. The maximum Gasteiger partial charge on any atom is 0.307 e. The zero-order valence-electron chi connectivity index (χ0n) is 16.3. The number of aromatic nitrogens is 1.